The molecule has 0 unspecified atom stereocenters. The van der Waals surface area contributed by atoms with Gasteiger partial charge >= 0.3 is 0 Å². The van der Waals surface area contributed by atoms with Gasteiger partial charge in [-0.25, -0.2) is 4.98 Å². The Bertz CT molecular complexity index is 702. The van der Waals surface area contributed by atoms with Gasteiger partial charge in [0.1, 0.15) is 0 Å². The molecule has 2 aromatic heterocycles. The Morgan fingerprint density at radius 1 is 1.24 bits per heavy atom. The van der Waals surface area contributed by atoms with E-state index in [1.807, 2.05) is 53.4 Å². The van der Waals surface area contributed by atoms with Crippen LogP contribution in [0.1, 0.15) is 16.1 Å². The highest BCUT2D eigenvalue weighted by molar-refractivity contribution is 5.94. The van der Waals surface area contributed by atoms with E-state index in [0.717, 1.165) is 17.8 Å². The first-order chi connectivity index (χ1) is 10.3. The number of H-pyrrole nitrogens is 1. The second kappa shape index (κ2) is 6.09. The van der Waals surface area contributed by atoms with Gasteiger partial charge in [-0.05, 0) is 30.3 Å². The highest BCUT2D eigenvalue weighted by Crippen LogP contribution is 2.10. The number of carbonyl (C=O) groups excluding carboxylic acids is 1. The van der Waals surface area contributed by atoms with E-state index in [1.165, 1.54) is 0 Å². The Labute approximate surface area is 122 Å². The van der Waals surface area contributed by atoms with Crippen molar-refractivity contribution in [3.63, 3.8) is 0 Å². The predicted molar refractivity (Wildman–Crippen MR) is 80.4 cm³/mol. The lowest BCUT2D eigenvalue weighted by atomic mass is 10.2. The zero-order valence-electron chi connectivity index (χ0n) is 11.5. The van der Waals surface area contributed by atoms with Gasteiger partial charge in [0.05, 0.1) is 6.33 Å². The van der Waals surface area contributed by atoms with Crippen molar-refractivity contribution in [2.24, 2.45) is 0 Å². The summed E-state index contributed by atoms with van der Waals surface area (Å²) in [5.41, 5.74) is 2.64. The summed E-state index contributed by atoms with van der Waals surface area (Å²) in [7, 11) is 0. The maximum Gasteiger partial charge on any atom is 0.251 e. The standard InChI is InChI=1S/C16H16N4O/c21-16(18-7-6-14-11-17-12-19-14)13-4-3-5-15(10-13)20-8-1-2-9-20/h1-5,8-12H,6-7H2,(H,17,19)(H,18,21). The first-order valence-electron chi connectivity index (χ1n) is 6.82. The van der Waals surface area contributed by atoms with Crippen LogP contribution in [0, 0.1) is 0 Å². The van der Waals surface area contributed by atoms with E-state index < -0.39 is 0 Å². The number of aromatic amines is 1. The van der Waals surface area contributed by atoms with Crippen molar-refractivity contribution in [3.8, 4) is 5.69 Å². The Balaban J connectivity index is 1.63. The summed E-state index contributed by atoms with van der Waals surface area (Å²) in [4.78, 5) is 19.1. The summed E-state index contributed by atoms with van der Waals surface area (Å²) >= 11 is 0. The third-order valence-electron chi connectivity index (χ3n) is 3.25. The van der Waals surface area contributed by atoms with E-state index in [0.29, 0.717) is 12.1 Å². The van der Waals surface area contributed by atoms with Crippen LogP contribution < -0.4 is 5.32 Å². The first-order valence-corrected chi connectivity index (χ1v) is 6.82. The van der Waals surface area contributed by atoms with Crippen molar-refractivity contribution >= 4 is 5.91 Å². The van der Waals surface area contributed by atoms with Crippen LogP contribution in [0.4, 0.5) is 0 Å². The number of benzene rings is 1. The molecule has 21 heavy (non-hydrogen) atoms. The number of imidazole rings is 1. The molecule has 1 amide bonds. The molecule has 106 valence electrons. The molecule has 0 spiro atoms. The topological polar surface area (TPSA) is 62.7 Å². The number of hydrogen-bond donors (Lipinski definition) is 2. The molecule has 0 saturated carbocycles. The van der Waals surface area contributed by atoms with E-state index in [-0.39, 0.29) is 5.91 Å². The quantitative estimate of drug-likeness (QED) is 0.752. The monoisotopic (exact) mass is 280 g/mol. The average Bonchev–Trinajstić information content (AvgIpc) is 3.21. The largest absolute Gasteiger partial charge is 0.352 e. The van der Waals surface area contributed by atoms with Gasteiger partial charge < -0.3 is 14.9 Å². The number of rotatable bonds is 5. The summed E-state index contributed by atoms with van der Waals surface area (Å²) in [5, 5.41) is 2.91. The minimum Gasteiger partial charge on any atom is -0.352 e. The molecule has 5 nitrogen and oxygen atoms in total. The summed E-state index contributed by atoms with van der Waals surface area (Å²) in [6, 6.07) is 11.5. The van der Waals surface area contributed by atoms with E-state index >= 15 is 0 Å². The minimum atomic E-state index is -0.0662. The lowest BCUT2D eigenvalue weighted by Crippen LogP contribution is -2.25. The summed E-state index contributed by atoms with van der Waals surface area (Å²) in [6.07, 6.45) is 8.05. The Kier molecular flexibility index (Phi) is 3.82. The van der Waals surface area contributed by atoms with Crippen molar-refractivity contribution in [2.75, 3.05) is 6.54 Å². The molecule has 2 N–H and O–H groups in total. The van der Waals surface area contributed by atoms with Crippen LogP contribution in [-0.4, -0.2) is 27.0 Å². The Morgan fingerprint density at radius 2 is 2.10 bits per heavy atom. The third-order valence-corrected chi connectivity index (χ3v) is 3.25. The molecule has 0 fully saturated rings. The van der Waals surface area contributed by atoms with E-state index in [4.69, 9.17) is 0 Å². The fraction of sp³-hybridized carbons (Fsp3) is 0.125. The van der Waals surface area contributed by atoms with E-state index in [1.54, 1.807) is 12.5 Å². The minimum absolute atomic E-state index is 0.0662. The zero-order chi connectivity index (χ0) is 14.5. The molecule has 3 rings (SSSR count). The average molecular weight is 280 g/mol. The lowest BCUT2D eigenvalue weighted by molar-refractivity contribution is 0.0954. The molecule has 1 aromatic carbocycles. The fourth-order valence-electron chi connectivity index (χ4n) is 2.15. The van der Waals surface area contributed by atoms with E-state index in [2.05, 4.69) is 15.3 Å². The molecule has 5 heteroatoms. The summed E-state index contributed by atoms with van der Waals surface area (Å²) in [5.74, 6) is -0.0662. The van der Waals surface area contributed by atoms with Gasteiger partial charge in [-0.2, -0.15) is 0 Å². The van der Waals surface area contributed by atoms with Crippen LogP contribution in [0.3, 0.4) is 0 Å². The second-order valence-corrected chi connectivity index (χ2v) is 4.72. The van der Waals surface area contributed by atoms with Gasteiger partial charge in [0.2, 0.25) is 0 Å². The molecule has 3 aromatic rings. The number of nitrogens with one attached hydrogen (secondary N) is 2. The van der Waals surface area contributed by atoms with Crippen LogP contribution in [0.25, 0.3) is 5.69 Å². The molecule has 0 aliphatic rings. The number of nitrogens with zero attached hydrogens (tertiary/aromatic N) is 2. The summed E-state index contributed by atoms with van der Waals surface area (Å²) in [6.45, 7) is 0.578. The van der Waals surface area contributed by atoms with Crippen molar-refractivity contribution < 1.29 is 4.79 Å². The van der Waals surface area contributed by atoms with Gasteiger partial charge in [-0.3, -0.25) is 4.79 Å². The van der Waals surface area contributed by atoms with Crippen molar-refractivity contribution in [1.29, 1.82) is 0 Å². The van der Waals surface area contributed by atoms with Crippen molar-refractivity contribution in [3.05, 3.63) is 72.6 Å². The number of amides is 1. The van der Waals surface area contributed by atoms with Crippen molar-refractivity contribution in [2.45, 2.75) is 6.42 Å². The zero-order valence-corrected chi connectivity index (χ0v) is 11.5. The molecular weight excluding hydrogens is 264 g/mol. The highest BCUT2D eigenvalue weighted by atomic mass is 16.1. The Morgan fingerprint density at radius 3 is 2.86 bits per heavy atom. The van der Waals surface area contributed by atoms with E-state index in [9.17, 15) is 4.79 Å². The molecule has 0 saturated heterocycles. The van der Waals surface area contributed by atoms with Gasteiger partial charge in [0.15, 0.2) is 0 Å². The second-order valence-electron chi connectivity index (χ2n) is 4.72. The first kappa shape index (κ1) is 13.2. The molecule has 0 radical (unpaired) electrons. The molecule has 0 aliphatic carbocycles. The normalized spacial score (nSPS) is 10.5. The van der Waals surface area contributed by atoms with Crippen LogP contribution in [0.5, 0.6) is 0 Å². The van der Waals surface area contributed by atoms with Crippen LogP contribution in [0.2, 0.25) is 0 Å². The van der Waals surface area contributed by atoms with Crippen molar-refractivity contribution in [1.82, 2.24) is 19.9 Å². The molecule has 0 aliphatic heterocycles. The molecule has 0 atom stereocenters. The smallest absolute Gasteiger partial charge is 0.251 e. The number of aromatic nitrogens is 3. The maximum atomic E-state index is 12.1. The number of hydrogen-bond acceptors (Lipinski definition) is 2. The maximum absolute atomic E-state index is 12.1. The molecule has 0 bridgehead atoms. The Hall–Kier alpha value is -2.82. The highest BCUT2D eigenvalue weighted by Gasteiger charge is 2.06. The summed E-state index contributed by atoms with van der Waals surface area (Å²) < 4.78 is 1.97. The van der Waals surface area contributed by atoms with Crippen LogP contribution in [-0.2, 0) is 6.42 Å². The molecular formula is C16H16N4O. The SMILES string of the molecule is O=C(NCCc1cnc[nH]1)c1cccc(-n2cccc2)c1. The fourth-order valence-corrected chi connectivity index (χ4v) is 2.15. The van der Waals surface area contributed by atoms with Crippen LogP contribution >= 0.6 is 0 Å². The predicted octanol–water partition coefficient (Wildman–Crippen LogP) is 2.17. The van der Waals surface area contributed by atoms with Gasteiger partial charge in [-0.1, -0.05) is 6.07 Å². The van der Waals surface area contributed by atoms with Gasteiger partial charge in [-0.15, -0.1) is 0 Å². The van der Waals surface area contributed by atoms with Crippen LogP contribution in [0.15, 0.2) is 61.3 Å². The third kappa shape index (κ3) is 3.20. The number of carbonyl (C=O) groups is 1. The van der Waals surface area contributed by atoms with Gasteiger partial charge in [0, 0.05) is 48.5 Å². The van der Waals surface area contributed by atoms with Gasteiger partial charge in [0.25, 0.3) is 5.91 Å². The molecule has 2 heterocycles. The lowest BCUT2D eigenvalue weighted by Gasteiger charge is -2.07.